The molecule has 1 amide bonds. The number of sulfone groups is 1. The summed E-state index contributed by atoms with van der Waals surface area (Å²) in [7, 11) is -3.10. The molecule has 3 aliphatic heterocycles. The second kappa shape index (κ2) is 8.65. The highest BCUT2D eigenvalue weighted by atomic mass is 32.2. The number of thioether (sulfide) groups is 1. The summed E-state index contributed by atoms with van der Waals surface area (Å²) in [5.74, 6) is 0.625. The molecule has 0 aromatic heterocycles. The third-order valence-corrected chi connectivity index (χ3v) is 8.55. The van der Waals surface area contributed by atoms with Gasteiger partial charge in [-0.15, -0.1) is 0 Å². The maximum atomic E-state index is 12.6. The number of amides is 1. The van der Waals surface area contributed by atoms with Crippen LogP contribution in [0, 0.1) is 0 Å². The van der Waals surface area contributed by atoms with Gasteiger partial charge in [-0.3, -0.25) is 4.79 Å². The minimum atomic E-state index is -3.10. The van der Waals surface area contributed by atoms with Gasteiger partial charge in [0.25, 0.3) is 5.91 Å². The lowest BCUT2D eigenvalue weighted by molar-refractivity contribution is -0.126. The van der Waals surface area contributed by atoms with Crippen molar-refractivity contribution in [3.63, 3.8) is 0 Å². The molecule has 9 heteroatoms. The fraction of sp³-hybridized carbons (Fsp3) is 0.600. The van der Waals surface area contributed by atoms with Crippen LogP contribution in [0.3, 0.4) is 0 Å². The third-order valence-electron chi connectivity index (χ3n) is 5.34. The molecule has 4 rings (SSSR count). The van der Waals surface area contributed by atoms with Crippen LogP contribution in [0.1, 0.15) is 32.6 Å². The summed E-state index contributed by atoms with van der Waals surface area (Å²) in [6.07, 6.45) is 3.07. The molecule has 7 nitrogen and oxygen atoms in total. The van der Waals surface area contributed by atoms with Gasteiger partial charge in [0, 0.05) is 23.6 Å². The number of hydrogen-bond acceptors (Lipinski definition) is 6. The highest BCUT2D eigenvalue weighted by Crippen LogP contribution is 2.41. The van der Waals surface area contributed by atoms with E-state index in [2.05, 4.69) is 11.9 Å². The summed E-state index contributed by atoms with van der Waals surface area (Å²) in [4.78, 5) is 18.8. The summed E-state index contributed by atoms with van der Waals surface area (Å²) >= 11 is 1.38. The number of carbonyl (C=O) groups excluding carboxylic acids is 1. The molecule has 0 bridgehead atoms. The van der Waals surface area contributed by atoms with E-state index in [0.29, 0.717) is 24.8 Å². The molecule has 3 aliphatic rings. The zero-order chi connectivity index (χ0) is 20.4. The van der Waals surface area contributed by atoms with Gasteiger partial charge in [-0.1, -0.05) is 31.2 Å². The first-order valence-electron chi connectivity index (χ1n) is 10.1. The second-order valence-electron chi connectivity index (χ2n) is 7.60. The molecule has 158 valence electrons. The number of carbonyl (C=O) groups is 1. The van der Waals surface area contributed by atoms with E-state index in [1.165, 1.54) is 11.8 Å². The van der Waals surface area contributed by atoms with E-state index in [1.807, 2.05) is 29.2 Å². The van der Waals surface area contributed by atoms with E-state index in [4.69, 9.17) is 9.47 Å². The summed E-state index contributed by atoms with van der Waals surface area (Å²) in [6.45, 7) is 3.32. The first kappa shape index (κ1) is 20.7. The van der Waals surface area contributed by atoms with Crippen LogP contribution in [0.25, 0.3) is 0 Å². The number of ether oxygens (including phenoxy) is 2. The molecule has 0 unspecified atom stereocenters. The van der Waals surface area contributed by atoms with Crippen molar-refractivity contribution in [1.82, 2.24) is 0 Å². The molecule has 3 saturated heterocycles. The molecule has 0 N–H and O–H groups in total. The van der Waals surface area contributed by atoms with E-state index in [-0.39, 0.29) is 28.7 Å². The highest BCUT2D eigenvalue weighted by Gasteiger charge is 2.49. The van der Waals surface area contributed by atoms with E-state index in [0.717, 1.165) is 30.7 Å². The number of unbranched alkanes of at least 4 members (excludes halogenated alkanes) is 1. The Labute approximate surface area is 175 Å². The number of rotatable bonds is 6. The molecule has 3 atom stereocenters. The minimum Gasteiger partial charge on any atom is -0.494 e. The van der Waals surface area contributed by atoms with Crippen LogP contribution in [0.15, 0.2) is 29.3 Å². The van der Waals surface area contributed by atoms with Crippen LogP contribution in [-0.2, 0) is 19.4 Å². The zero-order valence-electron chi connectivity index (χ0n) is 16.5. The molecule has 0 saturated carbocycles. The summed E-state index contributed by atoms with van der Waals surface area (Å²) in [5, 5.41) is 0.432. The van der Waals surface area contributed by atoms with Gasteiger partial charge in [0.15, 0.2) is 15.0 Å². The number of anilines is 1. The molecular weight excluding hydrogens is 412 g/mol. The molecule has 3 fully saturated rings. The standard InChI is InChI=1S/C20H26N2O5S2/c1-2-3-9-26-15-7-4-6-14(11-15)22-16-12-29(24,25)13-18(16)28-20(22)21-19(23)17-8-5-10-27-17/h4,6-7,11,16-18H,2-3,5,8-10,12-13H2,1H3/t16-,17+,18-/m0/s1. The van der Waals surface area contributed by atoms with Crippen LogP contribution in [0.4, 0.5) is 5.69 Å². The normalized spacial score (nSPS) is 29.3. The predicted octanol–water partition coefficient (Wildman–Crippen LogP) is 2.65. The molecule has 0 spiro atoms. The zero-order valence-corrected chi connectivity index (χ0v) is 18.1. The van der Waals surface area contributed by atoms with Crippen LogP contribution in [0.2, 0.25) is 0 Å². The Morgan fingerprint density at radius 2 is 2.24 bits per heavy atom. The van der Waals surface area contributed by atoms with Crippen molar-refractivity contribution in [1.29, 1.82) is 0 Å². The number of fused-ring (bicyclic) bond motifs is 1. The Morgan fingerprint density at radius 1 is 1.38 bits per heavy atom. The Balaban J connectivity index is 1.62. The summed E-state index contributed by atoms with van der Waals surface area (Å²) in [6, 6.07) is 7.35. The molecule has 0 radical (unpaired) electrons. The highest BCUT2D eigenvalue weighted by molar-refractivity contribution is 8.16. The SMILES string of the molecule is CCCCOc1cccc(N2C(=NC(=O)[C@H]3CCCO3)S[C@H]3CS(=O)(=O)C[C@@H]32)c1. The van der Waals surface area contributed by atoms with Gasteiger partial charge >= 0.3 is 0 Å². The lowest BCUT2D eigenvalue weighted by Gasteiger charge is -2.25. The average molecular weight is 439 g/mol. The fourth-order valence-electron chi connectivity index (χ4n) is 3.86. The van der Waals surface area contributed by atoms with Gasteiger partial charge in [0.2, 0.25) is 0 Å². The first-order chi connectivity index (χ1) is 14.0. The molecule has 3 heterocycles. The minimum absolute atomic E-state index is 0.0682. The monoisotopic (exact) mass is 438 g/mol. The molecule has 0 aliphatic carbocycles. The second-order valence-corrected chi connectivity index (χ2v) is 11.0. The van der Waals surface area contributed by atoms with Crippen molar-refractivity contribution >= 4 is 38.4 Å². The maximum Gasteiger partial charge on any atom is 0.277 e. The van der Waals surface area contributed by atoms with Crippen molar-refractivity contribution in [2.45, 2.75) is 50.0 Å². The van der Waals surface area contributed by atoms with Gasteiger partial charge in [-0.05, 0) is 31.4 Å². The van der Waals surface area contributed by atoms with E-state index < -0.39 is 15.9 Å². The van der Waals surface area contributed by atoms with Crippen LogP contribution in [-0.4, -0.2) is 61.6 Å². The topological polar surface area (TPSA) is 85.3 Å². The number of aliphatic imine (C=N–C) groups is 1. The van der Waals surface area contributed by atoms with Gasteiger partial charge in [0.1, 0.15) is 11.9 Å². The Bertz CT molecular complexity index is 896. The van der Waals surface area contributed by atoms with Gasteiger partial charge in [0.05, 0.1) is 24.2 Å². The predicted molar refractivity (Wildman–Crippen MR) is 115 cm³/mol. The largest absolute Gasteiger partial charge is 0.494 e. The van der Waals surface area contributed by atoms with Crippen LogP contribution < -0.4 is 9.64 Å². The number of benzene rings is 1. The average Bonchev–Trinajstić information content (AvgIpc) is 3.37. The van der Waals surface area contributed by atoms with E-state index >= 15 is 0 Å². The van der Waals surface area contributed by atoms with Crippen molar-refractivity contribution in [2.24, 2.45) is 4.99 Å². The van der Waals surface area contributed by atoms with Crippen molar-refractivity contribution in [3.05, 3.63) is 24.3 Å². The molecule has 1 aromatic carbocycles. The lowest BCUT2D eigenvalue weighted by Crippen LogP contribution is -2.38. The number of hydrogen-bond donors (Lipinski definition) is 0. The van der Waals surface area contributed by atoms with Crippen molar-refractivity contribution < 1.29 is 22.7 Å². The molecular formula is C20H26N2O5S2. The first-order valence-corrected chi connectivity index (χ1v) is 12.8. The quantitative estimate of drug-likeness (QED) is 0.631. The Morgan fingerprint density at radius 3 is 3.00 bits per heavy atom. The lowest BCUT2D eigenvalue weighted by atomic mass is 10.2. The summed E-state index contributed by atoms with van der Waals surface area (Å²) in [5.41, 5.74) is 0.801. The van der Waals surface area contributed by atoms with Gasteiger partial charge in [-0.2, -0.15) is 4.99 Å². The van der Waals surface area contributed by atoms with Crippen molar-refractivity contribution in [2.75, 3.05) is 29.6 Å². The third kappa shape index (κ3) is 4.62. The van der Waals surface area contributed by atoms with Gasteiger partial charge in [-0.25, -0.2) is 8.42 Å². The molecule has 1 aromatic rings. The Hall–Kier alpha value is -1.58. The van der Waals surface area contributed by atoms with E-state index in [1.54, 1.807) is 0 Å². The van der Waals surface area contributed by atoms with E-state index in [9.17, 15) is 13.2 Å². The van der Waals surface area contributed by atoms with Crippen LogP contribution in [0.5, 0.6) is 5.75 Å². The smallest absolute Gasteiger partial charge is 0.277 e. The number of nitrogens with zero attached hydrogens (tertiary/aromatic N) is 2. The molecule has 29 heavy (non-hydrogen) atoms. The fourth-order valence-corrected chi connectivity index (χ4v) is 7.78. The Kier molecular flexibility index (Phi) is 6.17. The van der Waals surface area contributed by atoms with Crippen LogP contribution >= 0.6 is 11.8 Å². The number of amidine groups is 1. The van der Waals surface area contributed by atoms with Crippen molar-refractivity contribution in [3.8, 4) is 5.75 Å². The maximum absolute atomic E-state index is 12.6. The van der Waals surface area contributed by atoms with Gasteiger partial charge < -0.3 is 14.4 Å². The summed E-state index contributed by atoms with van der Waals surface area (Å²) < 4.78 is 35.7.